The average Bonchev–Trinajstić information content (AvgIpc) is 3.15. The molecule has 0 spiro atoms. The number of ether oxygens (including phenoxy) is 2. The van der Waals surface area contributed by atoms with Crippen LogP contribution in [-0.2, 0) is 19.7 Å². The lowest BCUT2D eigenvalue weighted by atomic mass is 9.71. The zero-order valence-corrected chi connectivity index (χ0v) is 15.9. The molecule has 0 bridgehead atoms. The van der Waals surface area contributed by atoms with Gasteiger partial charge in [-0.25, -0.2) is 4.79 Å². The van der Waals surface area contributed by atoms with Gasteiger partial charge in [0.2, 0.25) is 5.91 Å². The van der Waals surface area contributed by atoms with E-state index in [2.05, 4.69) is 5.32 Å². The van der Waals surface area contributed by atoms with Gasteiger partial charge in [-0.3, -0.25) is 9.69 Å². The standard InChI is InChI=1S/C22H24N2O4/c1-16-5-2-3-8-19(16)22(9-12-27-13-10-22)20(25)23-17-6-4-7-18(15-17)24-11-14-28-21(24)26/h2-8,15H,9-14H2,1H3,(H,23,25). The van der Waals surface area contributed by atoms with E-state index in [4.69, 9.17) is 9.47 Å². The van der Waals surface area contributed by atoms with Gasteiger partial charge in [0.05, 0.1) is 12.0 Å². The van der Waals surface area contributed by atoms with Gasteiger partial charge >= 0.3 is 6.09 Å². The molecule has 2 aliphatic rings. The number of nitrogens with one attached hydrogen (secondary N) is 1. The summed E-state index contributed by atoms with van der Waals surface area (Å²) in [7, 11) is 0. The number of aryl methyl sites for hydroxylation is 1. The van der Waals surface area contributed by atoms with Crippen LogP contribution in [0.4, 0.5) is 16.2 Å². The monoisotopic (exact) mass is 380 g/mol. The van der Waals surface area contributed by atoms with E-state index in [9.17, 15) is 9.59 Å². The van der Waals surface area contributed by atoms with Crippen LogP contribution in [-0.4, -0.2) is 38.4 Å². The van der Waals surface area contributed by atoms with Gasteiger partial charge in [-0.15, -0.1) is 0 Å². The Kier molecular flexibility index (Phi) is 5.05. The van der Waals surface area contributed by atoms with Crippen LogP contribution in [0, 0.1) is 6.92 Å². The lowest BCUT2D eigenvalue weighted by Gasteiger charge is -2.37. The molecule has 0 aliphatic carbocycles. The van der Waals surface area contributed by atoms with Gasteiger partial charge in [0.1, 0.15) is 6.61 Å². The first kappa shape index (κ1) is 18.5. The number of hydrogen-bond acceptors (Lipinski definition) is 4. The van der Waals surface area contributed by atoms with Crippen molar-refractivity contribution < 1.29 is 19.1 Å². The highest BCUT2D eigenvalue weighted by Gasteiger charge is 2.42. The molecule has 0 aromatic heterocycles. The third-order valence-electron chi connectivity index (χ3n) is 5.62. The number of cyclic esters (lactones) is 1. The molecular formula is C22H24N2O4. The summed E-state index contributed by atoms with van der Waals surface area (Å²) in [6, 6.07) is 15.4. The van der Waals surface area contributed by atoms with Crippen molar-refractivity contribution >= 4 is 23.4 Å². The molecule has 1 N–H and O–H groups in total. The number of benzene rings is 2. The molecular weight excluding hydrogens is 356 g/mol. The van der Waals surface area contributed by atoms with E-state index in [1.165, 1.54) is 0 Å². The van der Waals surface area contributed by atoms with E-state index in [0.29, 0.717) is 44.9 Å². The Bertz CT molecular complexity index is 890. The van der Waals surface area contributed by atoms with Crippen molar-refractivity contribution in [3.05, 3.63) is 59.7 Å². The fraction of sp³-hybridized carbons (Fsp3) is 0.364. The van der Waals surface area contributed by atoms with Crippen LogP contribution < -0.4 is 10.2 Å². The second-order valence-corrected chi connectivity index (χ2v) is 7.28. The van der Waals surface area contributed by atoms with Crippen LogP contribution in [0.15, 0.2) is 48.5 Å². The number of hydrogen-bond donors (Lipinski definition) is 1. The van der Waals surface area contributed by atoms with E-state index in [1.54, 1.807) is 4.90 Å². The molecule has 2 aromatic rings. The largest absolute Gasteiger partial charge is 0.447 e. The van der Waals surface area contributed by atoms with E-state index < -0.39 is 5.41 Å². The molecule has 146 valence electrons. The summed E-state index contributed by atoms with van der Waals surface area (Å²) in [5, 5.41) is 3.08. The smallest absolute Gasteiger partial charge is 0.414 e. The minimum absolute atomic E-state index is 0.0359. The number of nitrogens with zero attached hydrogens (tertiary/aromatic N) is 1. The van der Waals surface area contributed by atoms with Gasteiger partial charge in [0.25, 0.3) is 0 Å². The molecule has 0 saturated carbocycles. The maximum absolute atomic E-state index is 13.5. The summed E-state index contributed by atoms with van der Waals surface area (Å²) in [6.45, 7) is 4.05. The number of carbonyl (C=O) groups excluding carboxylic acids is 2. The summed E-state index contributed by atoms with van der Waals surface area (Å²) in [5.74, 6) is -0.0359. The van der Waals surface area contributed by atoms with Gasteiger partial charge < -0.3 is 14.8 Å². The van der Waals surface area contributed by atoms with Gasteiger partial charge in [0.15, 0.2) is 0 Å². The predicted molar refractivity (Wildman–Crippen MR) is 107 cm³/mol. The Labute approximate surface area is 164 Å². The first-order valence-corrected chi connectivity index (χ1v) is 9.60. The van der Waals surface area contributed by atoms with Crippen LogP contribution in [0.3, 0.4) is 0 Å². The molecule has 4 rings (SSSR count). The van der Waals surface area contributed by atoms with E-state index >= 15 is 0 Å². The molecule has 2 aromatic carbocycles. The number of amides is 2. The summed E-state index contributed by atoms with van der Waals surface area (Å²) in [5.41, 5.74) is 2.92. The second kappa shape index (κ2) is 7.64. The van der Waals surface area contributed by atoms with E-state index in [0.717, 1.165) is 16.8 Å². The van der Waals surface area contributed by atoms with Crippen LogP contribution in [0.25, 0.3) is 0 Å². The number of carbonyl (C=O) groups is 2. The summed E-state index contributed by atoms with van der Waals surface area (Å²) in [6.07, 6.45) is 0.924. The van der Waals surface area contributed by atoms with Crippen molar-refractivity contribution in [3.63, 3.8) is 0 Å². The van der Waals surface area contributed by atoms with Gasteiger partial charge in [-0.2, -0.15) is 0 Å². The molecule has 0 unspecified atom stereocenters. The average molecular weight is 380 g/mol. The van der Waals surface area contributed by atoms with Crippen molar-refractivity contribution in [1.29, 1.82) is 0 Å². The van der Waals surface area contributed by atoms with Gasteiger partial charge in [-0.1, -0.05) is 30.3 Å². The molecule has 2 aliphatic heterocycles. The van der Waals surface area contributed by atoms with Crippen molar-refractivity contribution in [2.75, 3.05) is 36.6 Å². The Morgan fingerprint density at radius 2 is 1.86 bits per heavy atom. The van der Waals surface area contributed by atoms with Gasteiger partial charge in [-0.05, 0) is 49.1 Å². The fourth-order valence-corrected chi connectivity index (χ4v) is 4.08. The van der Waals surface area contributed by atoms with E-state index in [1.807, 2.05) is 55.5 Å². The maximum Gasteiger partial charge on any atom is 0.414 e. The lowest BCUT2D eigenvalue weighted by molar-refractivity contribution is -0.125. The molecule has 2 amide bonds. The fourth-order valence-electron chi connectivity index (χ4n) is 4.08. The Hall–Kier alpha value is -2.86. The van der Waals surface area contributed by atoms with Crippen LogP contribution in [0.1, 0.15) is 24.0 Å². The topological polar surface area (TPSA) is 67.9 Å². The predicted octanol–water partition coefficient (Wildman–Crippen LogP) is 3.64. The highest BCUT2D eigenvalue weighted by molar-refractivity contribution is 6.00. The van der Waals surface area contributed by atoms with Crippen LogP contribution >= 0.6 is 0 Å². The number of anilines is 2. The SMILES string of the molecule is Cc1ccccc1C1(C(=O)Nc2cccc(N3CCOC3=O)c2)CCOCC1. The zero-order chi connectivity index (χ0) is 19.6. The van der Waals surface area contributed by atoms with Crippen molar-refractivity contribution in [2.45, 2.75) is 25.2 Å². The molecule has 28 heavy (non-hydrogen) atoms. The summed E-state index contributed by atoms with van der Waals surface area (Å²) >= 11 is 0. The first-order chi connectivity index (χ1) is 13.6. The first-order valence-electron chi connectivity index (χ1n) is 9.60. The van der Waals surface area contributed by atoms with E-state index in [-0.39, 0.29) is 12.0 Å². The van der Waals surface area contributed by atoms with Crippen LogP contribution in [0.2, 0.25) is 0 Å². The Morgan fingerprint density at radius 1 is 1.07 bits per heavy atom. The summed E-state index contributed by atoms with van der Waals surface area (Å²) < 4.78 is 10.6. The molecule has 6 heteroatoms. The minimum atomic E-state index is -0.619. The van der Waals surface area contributed by atoms with Gasteiger partial charge in [0, 0.05) is 24.6 Å². The minimum Gasteiger partial charge on any atom is -0.447 e. The number of rotatable bonds is 4. The molecule has 2 saturated heterocycles. The van der Waals surface area contributed by atoms with Crippen molar-refractivity contribution in [2.24, 2.45) is 0 Å². The quantitative estimate of drug-likeness (QED) is 0.879. The Morgan fingerprint density at radius 3 is 2.57 bits per heavy atom. The third-order valence-corrected chi connectivity index (χ3v) is 5.62. The maximum atomic E-state index is 13.5. The molecule has 2 heterocycles. The summed E-state index contributed by atoms with van der Waals surface area (Å²) in [4.78, 5) is 26.9. The third kappa shape index (κ3) is 3.36. The van der Waals surface area contributed by atoms with Crippen molar-refractivity contribution in [1.82, 2.24) is 0 Å². The highest BCUT2D eigenvalue weighted by Crippen LogP contribution is 2.38. The lowest BCUT2D eigenvalue weighted by Crippen LogP contribution is -2.45. The van der Waals surface area contributed by atoms with Crippen LogP contribution in [0.5, 0.6) is 0 Å². The van der Waals surface area contributed by atoms with Crippen molar-refractivity contribution in [3.8, 4) is 0 Å². The molecule has 6 nitrogen and oxygen atoms in total. The Balaban J connectivity index is 1.62. The molecule has 0 radical (unpaired) electrons. The molecule has 0 atom stereocenters. The highest BCUT2D eigenvalue weighted by atomic mass is 16.6. The molecule has 2 fully saturated rings. The normalized spacial score (nSPS) is 18.6. The zero-order valence-electron chi connectivity index (χ0n) is 15.9. The second-order valence-electron chi connectivity index (χ2n) is 7.28.